The van der Waals surface area contributed by atoms with E-state index in [1.807, 2.05) is 31.2 Å². The van der Waals surface area contributed by atoms with E-state index in [1.165, 1.54) is 19.3 Å². The smallest absolute Gasteiger partial charge is 0.252 e. The maximum absolute atomic E-state index is 13.2. The summed E-state index contributed by atoms with van der Waals surface area (Å²) >= 11 is 0. The van der Waals surface area contributed by atoms with E-state index in [9.17, 15) is 9.90 Å². The molecule has 194 valence electrons. The van der Waals surface area contributed by atoms with Gasteiger partial charge in [0.05, 0.1) is 18.2 Å². The van der Waals surface area contributed by atoms with Crippen LogP contribution in [0.1, 0.15) is 88.6 Å². The van der Waals surface area contributed by atoms with Crippen molar-refractivity contribution in [1.82, 2.24) is 30.1 Å². The van der Waals surface area contributed by atoms with E-state index >= 15 is 0 Å². The third-order valence-electron chi connectivity index (χ3n) is 8.02. The van der Waals surface area contributed by atoms with Gasteiger partial charge >= 0.3 is 0 Å². The first-order chi connectivity index (χ1) is 17.6. The first kappa shape index (κ1) is 24.9. The second kappa shape index (κ2) is 11.1. The van der Waals surface area contributed by atoms with Gasteiger partial charge in [0.2, 0.25) is 0 Å². The summed E-state index contributed by atoms with van der Waals surface area (Å²) in [6.45, 7) is 3.80. The Labute approximate surface area is 211 Å². The van der Waals surface area contributed by atoms with Gasteiger partial charge in [0, 0.05) is 36.2 Å². The van der Waals surface area contributed by atoms with Gasteiger partial charge in [-0.25, -0.2) is 4.68 Å². The van der Waals surface area contributed by atoms with Crippen LogP contribution in [0.2, 0.25) is 0 Å². The molecule has 9 heteroatoms. The molecular formula is C27H38N6O3. The average molecular weight is 495 g/mol. The first-order valence-corrected chi connectivity index (χ1v) is 13.6. The van der Waals surface area contributed by atoms with Gasteiger partial charge in [-0.2, -0.15) is 0 Å². The lowest BCUT2D eigenvalue weighted by atomic mass is 9.78. The number of aromatic amines is 1. The second-order valence-electron chi connectivity index (χ2n) is 10.3. The molecule has 0 spiro atoms. The van der Waals surface area contributed by atoms with Gasteiger partial charge in [0.15, 0.2) is 5.82 Å². The summed E-state index contributed by atoms with van der Waals surface area (Å²) in [5.74, 6) is 1.72. The maximum atomic E-state index is 13.2. The quantitative estimate of drug-likeness (QED) is 0.437. The third kappa shape index (κ3) is 4.91. The number of fused-ring (bicyclic) bond motifs is 1. The zero-order chi connectivity index (χ0) is 25.0. The molecule has 36 heavy (non-hydrogen) atoms. The number of aliphatic hydroxyl groups is 1. The van der Waals surface area contributed by atoms with Gasteiger partial charge in [0.25, 0.3) is 5.56 Å². The summed E-state index contributed by atoms with van der Waals surface area (Å²) in [5, 5.41) is 23.9. The molecule has 2 aliphatic rings. The number of hydrogen-bond acceptors (Lipinski definition) is 7. The van der Waals surface area contributed by atoms with Crippen molar-refractivity contribution in [3.63, 3.8) is 0 Å². The Morgan fingerprint density at radius 2 is 1.97 bits per heavy atom. The molecule has 0 aliphatic heterocycles. The molecule has 5 rings (SSSR count). The number of aromatic nitrogens is 5. The molecule has 2 aromatic heterocycles. The predicted octanol–water partition coefficient (Wildman–Crippen LogP) is 4.07. The van der Waals surface area contributed by atoms with E-state index in [1.54, 1.807) is 0 Å². The Morgan fingerprint density at radius 3 is 2.72 bits per heavy atom. The van der Waals surface area contributed by atoms with Crippen LogP contribution in [0.15, 0.2) is 29.1 Å². The standard InChI is InChI=1S/C27H38N6O3/c1-2-36-23-11-12-24-20(18-23)17-21(25(35)28-24)19-32(15-8-16-34)27(13-6-3-7-14-27)26-29-30-31-33(26)22-9-4-5-10-22/h11-12,17-18,22,34H,2-10,13-16,19H2,1H3,(H,28,35). The fourth-order valence-electron chi connectivity index (χ4n) is 6.23. The number of nitrogens with zero attached hydrogens (tertiary/aromatic N) is 5. The molecule has 3 aromatic rings. The van der Waals surface area contributed by atoms with Crippen LogP contribution in [-0.2, 0) is 12.1 Å². The van der Waals surface area contributed by atoms with Crippen molar-refractivity contribution in [1.29, 1.82) is 0 Å². The van der Waals surface area contributed by atoms with Gasteiger partial charge in [-0.1, -0.05) is 32.1 Å². The normalized spacial score (nSPS) is 18.3. The van der Waals surface area contributed by atoms with Gasteiger partial charge < -0.3 is 14.8 Å². The van der Waals surface area contributed by atoms with Crippen LogP contribution >= 0.6 is 0 Å². The van der Waals surface area contributed by atoms with E-state index < -0.39 is 0 Å². The largest absolute Gasteiger partial charge is 0.494 e. The van der Waals surface area contributed by atoms with Crippen molar-refractivity contribution >= 4 is 10.9 Å². The molecule has 2 saturated carbocycles. The van der Waals surface area contributed by atoms with Crippen LogP contribution in [0.4, 0.5) is 0 Å². The topological polar surface area (TPSA) is 109 Å². The minimum Gasteiger partial charge on any atom is -0.494 e. The zero-order valence-corrected chi connectivity index (χ0v) is 21.3. The lowest BCUT2D eigenvalue weighted by Crippen LogP contribution is -2.50. The summed E-state index contributed by atoms with van der Waals surface area (Å²) in [5.41, 5.74) is 1.07. The number of nitrogens with one attached hydrogen (secondary N) is 1. The minimum absolute atomic E-state index is 0.0815. The zero-order valence-electron chi connectivity index (χ0n) is 21.3. The number of ether oxygens (including phenoxy) is 1. The molecule has 0 amide bonds. The van der Waals surface area contributed by atoms with Gasteiger partial charge in [0.1, 0.15) is 5.75 Å². The molecule has 0 bridgehead atoms. The van der Waals surface area contributed by atoms with E-state index in [4.69, 9.17) is 4.74 Å². The highest BCUT2D eigenvalue weighted by Gasteiger charge is 2.45. The Kier molecular flexibility index (Phi) is 7.67. The lowest BCUT2D eigenvalue weighted by molar-refractivity contribution is 0.0210. The van der Waals surface area contributed by atoms with Crippen molar-refractivity contribution in [2.45, 2.75) is 89.3 Å². The Morgan fingerprint density at radius 1 is 1.17 bits per heavy atom. The van der Waals surface area contributed by atoms with Crippen LogP contribution in [-0.4, -0.2) is 55.0 Å². The first-order valence-electron chi connectivity index (χ1n) is 13.6. The number of aliphatic hydroxyl groups excluding tert-OH is 1. The summed E-state index contributed by atoms with van der Waals surface area (Å²) in [6.07, 6.45) is 10.6. The van der Waals surface area contributed by atoms with Crippen LogP contribution in [0.5, 0.6) is 5.75 Å². The Bertz CT molecular complexity index is 1210. The Hall–Kier alpha value is -2.78. The number of pyridine rings is 1. The highest BCUT2D eigenvalue weighted by atomic mass is 16.5. The number of benzene rings is 1. The molecule has 2 heterocycles. The molecule has 9 nitrogen and oxygen atoms in total. The van der Waals surface area contributed by atoms with Crippen LogP contribution in [0.25, 0.3) is 10.9 Å². The fraction of sp³-hybridized carbons (Fsp3) is 0.630. The van der Waals surface area contributed by atoms with E-state index in [0.717, 1.165) is 61.0 Å². The van der Waals surface area contributed by atoms with Crippen LogP contribution < -0.4 is 10.3 Å². The number of rotatable bonds is 10. The molecule has 2 aliphatic carbocycles. The van der Waals surface area contributed by atoms with E-state index in [0.29, 0.717) is 37.7 Å². The Balaban J connectivity index is 1.55. The highest BCUT2D eigenvalue weighted by molar-refractivity contribution is 5.80. The molecule has 2 N–H and O–H groups in total. The molecule has 0 atom stereocenters. The third-order valence-corrected chi connectivity index (χ3v) is 8.02. The van der Waals surface area contributed by atoms with E-state index in [-0.39, 0.29) is 17.7 Å². The minimum atomic E-state index is -0.353. The molecule has 0 unspecified atom stereocenters. The molecule has 0 radical (unpaired) electrons. The SMILES string of the molecule is CCOc1ccc2[nH]c(=O)c(CN(CCCO)C3(c4nnnn4C4CCCC4)CCCCC3)cc2c1. The van der Waals surface area contributed by atoms with Gasteiger partial charge in [-0.15, -0.1) is 5.10 Å². The maximum Gasteiger partial charge on any atom is 0.252 e. The fourth-order valence-corrected chi connectivity index (χ4v) is 6.23. The van der Waals surface area contributed by atoms with Crippen molar-refractivity contribution in [2.24, 2.45) is 0 Å². The molecule has 2 fully saturated rings. The van der Waals surface area contributed by atoms with E-state index in [2.05, 4.69) is 30.1 Å². The molecule has 1 aromatic carbocycles. The average Bonchev–Trinajstić information content (AvgIpc) is 3.60. The van der Waals surface area contributed by atoms with Crippen molar-refractivity contribution in [2.75, 3.05) is 19.8 Å². The highest BCUT2D eigenvalue weighted by Crippen LogP contribution is 2.44. The van der Waals surface area contributed by atoms with Gasteiger partial charge in [-0.3, -0.25) is 9.69 Å². The molecular weight excluding hydrogens is 456 g/mol. The second-order valence-corrected chi connectivity index (χ2v) is 10.3. The van der Waals surface area contributed by atoms with Crippen molar-refractivity contribution < 1.29 is 9.84 Å². The number of hydrogen-bond donors (Lipinski definition) is 2. The number of tetrazole rings is 1. The van der Waals surface area contributed by atoms with Crippen molar-refractivity contribution in [3.8, 4) is 5.75 Å². The molecule has 0 saturated heterocycles. The number of H-pyrrole nitrogens is 1. The lowest BCUT2D eigenvalue weighted by Gasteiger charge is -2.45. The predicted molar refractivity (Wildman–Crippen MR) is 138 cm³/mol. The van der Waals surface area contributed by atoms with Crippen molar-refractivity contribution in [3.05, 3.63) is 46.0 Å². The summed E-state index contributed by atoms with van der Waals surface area (Å²) in [7, 11) is 0. The van der Waals surface area contributed by atoms with Crippen LogP contribution in [0, 0.1) is 0 Å². The monoisotopic (exact) mass is 494 g/mol. The summed E-state index contributed by atoms with van der Waals surface area (Å²) < 4.78 is 7.77. The summed E-state index contributed by atoms with van der Waals surface area (Å²) in [4.78, 5) is 18.6. The summed E-state index contributed by atoms with van der Waals surface area (Å²) in [6, 6.07) is 8.09. The van der Waals surface area contributed by atoms with Gasteiger partial charge in [-0.05, 0) is 73.7 Å². The van der Waals surface area contributed by atoms with Crippen LogP contribution in [0.3, 0.4) is 0 Å².